The van der Waals surface area contributed by atoms with Crippen molar-refractivity contribution in [3.8, 4) is 0 Å². The van der Waals surface area contributed by atoms with E-state index in [0.717, 1.165) is 16.2 Å². The fourth-order valence-corrected chi connectivity index (χ4v) is 4.58. The SMILES string of the molecule is O=P(/N=C/C/C=C/c1ccccc1)(c1ccccc1)c1ccccc1. The fraction of sp³-hybridized carbons (Fsp3) is 0.0455. The van der Waals surface area contributed by atoms with Crippen LogP contribution in [0.1, 0.15) is 12.0 Å². The van der Waals surface area contributed by atoms with Gasteiger partial charge in [-0.15, -0.1) is 0 Å². The van der Waals surface area contributed by atoms with Crippen molar-refractivity contribution in [2.75, 3.05) is 0 Å². The lowest BCUT2D eigenvalue weighted by Crippen LogP contribution is -2.14. The third kappa shape index (κ3) is 4.43. The Morgan fingerprint density at radius 3 is 1.72 bits per heavy atom. The Morgan fingerprint density at radius 2 is 1.20 bits per heavy atom. The van der Waals surface area contributed by atoms with Crippen molar-refractivity contribution in [1.29, 1.82) is 0 Å². The number of allylic oxidation sites excluding steroid dienone is 1. The van der Waals surface area contributed by atoms with Crippen LogP contribution in [0.25, 0.3) is 6.08 Å². The van der Waals surface area contributed by atoms with Gasteiger partial charge < -0.3 is 0 Å². The fourth-order valence-electron chi connectivity index (χ4n) is 2.53. The van der Waals surface area contributed by atoms with Crippen LogP contribution in [-0.4, -0.2) is 6.21 Å². The van der Waals surface area contributed by atoms with Gasteiger partial charge in [0.25, 0.3) is 0 Å². The van der Waals surface area contributed by atoms with Crippen molar-refractivity contribution < 1.29 is 4.57 Å². The summed E-state index contributed by atoms with van der Waals surface area (Å²) in [4.78, 5) is 0. The van der Waals surface area contributed by atoms with Gasteiger partial charge >= 0.3 is 0 Å². The van der Waals surface area contributed by atoms with Gasteiger partial charge in [0.1, 0.15) is 0 Å². The quantitative estimate of drug-likeness (QED) is 0.452. The minimum absolute atomic E-state index is 0.637. The Balaban J connectivity index is 1.81. The van der Waals surface area contributed by atoms with Crippen LogP contribution in [0, 0.1) is 0 Å². The second-order valence-corrected chi connectivity index (χ2v) is 8.01. The highest BCUT2D eigenvalue weighted by molar-refractivity contribution is 7.77. The first-order valence-electron chi connectivity index (χ1n) is 8.26. The summed E-state index contributed by atoms with van der Waals surface area (Å²) in [6.07, 6.45) is 6.46. The molecule has 0 radical (unpaired) electrons. The third-order valence-corrected chi connectivity index (χ3v) is 6.29. The van der Waals surface area contributed by atoms with Gasteiger partial charge in [-0.3, -0.25) is 4.57 Å². The molecule has 3 aromatic rings. The van der Waals surface area contributed by atoms with Crippen LogP contribution < -0.4 is 10.6 Å². The highest BCUT2D eigenvalue weighted by Crippen LogP contribution is 2.44. The second kappa shape index (κ2) is 8.41. The Hall–Kier alpha value is -2.70. The Morgan fingerprint density at radius 1 is 0.720 bits per heavy atom. The van der Waals surface area contributed by atoms with Gasteiger partial charge in [-0.1, -0.05) is 78.9 Å². The number of benzene rings is 3. The molecule has 124 valence electrons. The molecule has 3 heteroatoms. The molecular weight excluding hydrogens is 325 g/mol. The molecule has 0 aliphatic rings. The van der Waals surface area contributed by atoms with E-state index < -0.39 is 7.29 Å². The van der Waals surface area contributed by atoms with E-state index in [1.54, 1.807) is 6.21 Å². The van der Waals surface area contributed by atoms with E-state index in [1.807, 2.05) is 103 Å². The largest absolute Gasteiger partial charge is 0.288 e. The van der Waals surface area contributed by atoms with Gasteiger partial charge in [0.15, 0.2) is 0 Å². The third-order valence-electron chi connectivity index (χ3n) is 3.81. The molecular formula is C22H20NOP. The zero-order chi connectivity index (χ0) is 17.4. The first-order chi connectivity index (χ1) is 12.3. The second-order valence-electron chi connectivity index (χ2n) is 5.59. The summed E-state index contributed by atoms with van der Waals surface area (Å²) in [6.45, 7) is 0. The first-order valence-corrected chi connectivity index (χ1v) is 9.92. The highest BCUT2D eigenvalue weighted by Gasteiger charge is 2.25. The Bertz CT molecular complexity index is 844. The molecule has 0 fully saturated rings. The summed E-state index contributed by atoms with van der Waals surface area (Å²) in [7, 11) is -3.00. The van der Waals surface area contributed by atoms with Gasteiger partial charge in [0, 0.05) is 23.2 Å². The lowest BCUT2D eigenvalue weighted by Gasteiger charge is -2.14. The lowest BCUT2D eigenvalue weighted by molar-refractivity contribution is 0.588. The summed E-state index contributed by atoms with van der Waals surface area (Å²) < 4.78 is 18.1. The topological polar surface area (TPSA) is 29.4 Å². The summed E-state index contributed by atoms with van der Waals surface area (Å²) in [5, 5.41) is 1.51. The zero-order valence-corrected chi connectivity index (χ0v) is 14.8. The molecule has 0 aliphatic carbocycles. The molecule has 0 saturated carbocycles. The maximum absolute atomic E-state index is 13.6. The van der Waals surface area contributed by atoms with E-state index in [4.69, 9.17) is 0 Å². The lowest BCUT2D eigenvalue weighted by atomic mass is 10.2. The molecule has 3 aromatic carbocycles. The van der Waals surface area contributed by atoms with Crippen molar-refractivity contribution in [3.63, 3.8) is 0 Å². The average Bonchev–Trinajstić information content (AvgIpc) is 2.70. The number of hydrogen-bond donors (Lipinski definition) is 0. The molecule has 0 amide bonds. The van der Waals surface area contributed by atoms with Crippen molar-refractivity contribution in [2.24, 2.45) is 4.76 Å². The van der Waals surface area contributed by atoms with Crippen molar-refractivity contribution in [1.82, 2.24) is 0 Å². The standard InChI is InChI=1S/C22H20NOP/c24-25(21-15-6-2-7-16-21,22-17-8-3-9-18-22)23-19-11-10-14-20-12-4-1-5-13-20/h1-10,12-19H,11H2/b14-10+,23-19+. The van der Waals surface area contributed by atoms with Crippen LogP contribution >= 0.6 is 7.29 Å². The van der Waals surface area contributed by atoms with Gasteiger partial charge in [0.2, 0.25) is 7.29 Å². The monoisotopic (exact) mass is 345 g/mol. The molecule has 3 rings (SSSR count). The molecule has 2 nitrogen and oxygen atoms in total. The smallest absolute Gasteiger partial charge is 0.247 e. The van der Waals surface area contributed by atoms with Crippen molar-refractivity contribution >= 4 is 30.2 Å². The minimum Gasteiger partial charge on any atom is -0.288 e. The Kier molecular flexibility index (Phi) is 5.77. The maximum Gasteiger partial charge on any atom is 0.247 e. The molecule has 0 unspecified atom stereocenters. The average molecular weight is 345 g/mol. The van der Waals surface area contributed by atoms with Crippen LogP contribution in [-0.2, 0) is 4.57 Å². The molecule has 0 saturated heterocycles. The summed E-state index contributed by atoms with van der Waals surface area (Å²) in [5.74, 6) is 0. The summed E-state index contributed by atoms with van der Waals surface area (Å²) >= 11 is 0. The summed E-state index contributed by atoms with van der Waals surface area (Å²) in [5.41, 5.74) is 1.14. The van der Waals surface area contributed by atoms with Crippen LogP contribution in [0.2, 0.25) is 0 Å². The zero-order valence-electron chi connectivity index (χ0n) is 13.9. The van der Waals surface area contributed by atoms with Gasteiger partial charge in [0.05, 0.1) is 0 Å². The maximum atomic E-state index is 13.6. The molecule has 0 aromatic heterocycles. The van der Waals surface area contributed by atoms with E-state index in [1.165, 1.54) is 0 Å². The minimum atomic E-state index is -3.00. The molecule has 0 spiro atoms. The van der Waals surface area contributed by atoms with E-state index in [9.17, 15) is 4.57 Å². The van der Waals surface area contributed by atoms with Gasteiger partial charge in [-0.25, -0.2) is 4.76 Å². The van der Waals surface area contributed by atoms with Crippen molar-refractivity contribution in [2.45, 2.75) is 6.42 Å². The van der Waals surface area contributed by atoms with E-state index >= 15 is 0 Å². The summed E-state index contributed by atoms with van der Waals surface area (Å²) in [6, 6.07) is 29.1. The molecule has 0 N–H and O–H groups in total. The van der Waals surface area contributed by atoms with E-state index in [0.29, 0.717) is 6.42 Å². The molecule has 0 heterocycles. The van der Waals surface area contributed by atoms with E-state index in [2.05, 4.69) is 4.76 Å². The Labute approximate surface area is 149 Å². The van der Waals surface area contributed by atoms with Crippen LogP contribution in [0.3, 0.4) is 0 Å². The van der Waals surface area contributed by atoms with Crippen molar-refractivity contribution in [3.05, 3.63) is 103 Å². The molecule has 0 atom stereocenters. The normalized spacial score (nSPS) is 12.0. The van der Waals surface area contributed by atoms with Crippen LogP contribution in [0.5, 0.6) is 0 Å². The number of nitrogens with zero attached hydrogens (tertiary/aromatic N) is 1. The first kappa shape index (κ1) is 17.1. The van der Waals surface area contributed by atoms with Crippen LogP contribution in [0.4, 0.5) is 0 Å². The van der Waals surface area contributed by atoms with E-state index in [-0.39, 0.29) is 0 Å². The molecule has 0 bridgehead atoms. The van der Waals surface area contributed by atoms with Gasteiger partial charge in [-0.05, 0) is 29.8 Å². The highest BCUT2D eigenvalue weighted by atomic mass is 31.2. The number of hydrogen-bond acceptors (Lipinski definition) is 1. The number of rotatable bonds is 6. The molecule has 25 heavy (non-hydrogen) atoms. The predicted molar refractivity (Wildman–Crippen MR) is 108 cm³/mol. The predicted octanol–water partition coefficient (Wildman–Crippen LogP) is 5.09. The van der Waals surface area contributed by atoms with Crippen LogP contribution in [0.15, 0.2) is 102 Å². The van der Waals surface area contributed by atoms with Gasteiger partial charge in [-0.2, -0.15) is 0 Å². The molecule has 0 aliphatic heterocycles.